The average Bonchev–Trinajstić information content (AvgIpc) is 2.67. The van der Waals surface area contributed by atoms with Crippen molar-refractivity contribution in [2.75, 3.05) is 18.1 Å². The van der Waals surface area contributed by atoms with E-state index in [2.05, 4.69) is 0 Å². The van der Waals surface area contributed by atoms with E-state index in [-0.39, 0.29) is 34.2 Å². The first kappa shape index (κ1) is 12.5. The second kappa shape index (κ2) is 4.72. The SMILES string of the molecule is O=C1CC(CO)CN1c1cc(Cl)c(O)c(Cl)c1. The third-order valence-corrected chi connectivity index (χ3v) is 3.35. The van der Waals surface area contributed by atoms with Crippen LogP contribution in [-0.4, -0.2) is 29.3 Å². The highest BCUT2D eigenvalue weighted by molar-refractivity contribution is 6.37. The van der Waals surface area contributed by atoms with Crippen LogP contribution in [0, 0.1) is 5.92 Å². The second-order valence-corrected chi connectivity index (χ2v) is 4.83. The zero-order valence-electron chi connectivity index (χ0n) is 8.86. The van der Waals surface area contributed by atoms with Gasteiger partial charge < -0.3 is 15.1 Å². The molecule has 17 heavy (non-hydrogen) atoms. The predicted molar refractivity (Wildman–Crippen MR) is 65.7 cm³/mol. The van der Waals surface area contributed by atoms with Crippen LogP contribution in [0.5, 0.6) is 5.75 Å². The van der Waals surface area contributed by atoms with E-state index in [1.54, 1.807) is 0 Å². The van der Waals surface area contributed by atoms with E-state index < -0.39 is 0 Å². The number of carbonyl (C=O) groups excluding carboxylic acids is 1. The number of hydrogen-bond acceptors (Lipinski definition) is 3. The molecule has 1 atom stereocenters. The summed E-state index contributed by atoms with van der Waals surface area (Å²) in [6, 6.07) is 2.97. The number of aliphatic hydroxyl groups excluding tert-OH is 1. The highest BCUT2D eigenvalue weighted by Gasteiger charge is 2.30. The lowest BCUT2D eigenvalue weighted by atomic mass is 10.1. The molecule has 2 rings (SSSR count). The smallest absolute Gasteiger partial charge is 0.227 e. The van der Waals surface area contributed by atoms with Crippen molar-refractivity contribution < 1.29 is 15.0 Å². The number of phenolic OH excluding ortho intramolecular Hbond substituents is 1. The first-order valence-electron chi connectivity index (χ1n) is 5.12. The fraction of sp³-hybridized carbons (Fsp3) is 0.364. The van der Waals surface area contributed by atoms with Crippen LogP contribution in [0.4, 0.5) is 5.69 Å². The Morgan fingerprint density at radius 1 is 1.35 bits per heavy atom. The summed E-state index contributed by atoms with van der Waals surface area (Å²) in [5, 5.41) is 18.7. The van der Waals surface area contributed by atoms with Gasteiger partial charge in [0.25, 0.3) is 0 Å². The van der Waals surface area contributed by atoms with Crippen LogP contribution in [-0.2, 0) is 4.79 Å². The zero-order valence-corrected chi connectivity index (χ0v) is 10.4. The predicted octanol–water partition coefficient (Wildman–Crippen LogP) is 2.04. The molecule has 0 radical (unpaired) electrons. The van der Waals surface area contributed by atoms with Gasteiger partial charge in [0.05, 0.1) is 10.0 Å². The van der Waals surface area contributed by atoms with Crippen LogP contribution in [0.15, 0.2) is 12.1 Å². The molecule has 1 unspecified atom stereocenters. The first-order valence-corrected chi connectivity index (χ1v) is 5.87. The molecule has 1 saturated heterocycles. The van der Waals surface area contributed by atoms with E-state index in [4.69, 9.17) is 28.3 Å². The van der Waals surface area contributed by atoms with Crippen molar-refractivity contribution in [2.45, 2.75) is 6.42 Å². The molecular weight excluding hydrogens is 265 g/mol. The summed E-state index contributed by atoms with van der Waals surface area (Å²) in [5.41, 5.74) is 0.541. The van der Waals surface area contributed by atoms with E-state index in [1.807, 2.05) is 0 Å². The van der Waals surface area contributed by atoms with Gasteiger partial charge in [0.2, 0.25) is 5.91 Å². The van der Waals surface area contributed by atoms with Gasteiger partial charge in [0, 0.05) is 31.2 Å². The number of hydrogen-bond donors (Lipinski definition) is 2. The van der Waals surface area contributed by atoms with Gasteiger partial charge >= 0.3 is 0 Å². The Kier molecular flexibility index (Phi) is 3.47. The third kappa shape index (κ3) is 2.34. The number of rotatable bonds is 2. The first-order chi connectivity index (χ1) is 8.02. The monoisotopic (exact) mass is 275 g/mol. The van der Waals surface area contributed by atoms with Crippen LogP contribution in [0.25, 0.3) is 0 Å². The number of nitrogens with zero attached hydrogens (tertiary/aromatic N) is 1. The number of halogens is 2. The number of carbonyl (C=O) groups is 1. The molecule has 1 heterocycles. The van der Waals surface area contributed by atoms with Crippen molar-refractivity contribution in [1.29, 1.82) is 0 Å². The Bertz CT molecular complexity index is 441. The summed E-state index contributed by atoms with van der Waals surface area (Å²) in [4.78, 5) is 13.2. The van der Waals surface area contributed by atoms with E-state index in [1.165, 1.54) is 17.0 Å². The van der Waals surface area contributed by atoms with Gasteiger partial charge in [-0.25, -0.2) is 0 Å². The molecule has 1 aromatic rings. The zero-order chi connectivity index (χ0) is 12.6. The molecule has 1 aromatic carbocycles. The fourth-order valence-electron chi connectivity index (χ4n) is 1.86. The highest BCUT2D eigenvalue weighted by Crippen LogP contribution is 2.37. The Morgan fingerprint density at radius 3 is 2.41 bits per heavy atom. The minimum atomic E-state index is -0.192. The van der Waals surface area contributed by atoms with Crippen molar-refractivity contribution in [3.63, 3.8) is 0 Å². The topological polar surface area (TPSA) is 60.8 Å². The maximum absolute atomic E-state index is 11.7. The molecule has 6 heteroatoms. The maximum Gasteiger partial charge on any atom is 0.227 e. The van der Waals surface area contributed by atoms with E-state index in [0.717, 1.165) is 0 Å². The molecule has 1 amide bonds. The minimum Gasteiger partial charge on any atom is -0.505 e. The van der Waals surface area contributed by atoms with Crippen LogP contribution in [0.1, 0.15) is 6.42 Å². The molecule has 1 fully saturated rings. The van der Waals surface area contributed by atoms with E-state index in [0.29, 0.717) is 18.7 Å². The van der Waals surface area contributed by atoms with Crippen LogP contribution in [0.3, 0.4) is 0 Å². The second-order valence-electron chi connectivity index (χ2n) is 4.02. The van der Waals surface area contributed by atoms with Crippen molar-refractivity contribution >= 4 is 34.8 Å². The van der Waals surface area contributed by atoms with Crippen LogP contribution in [0.2, 0.25) is 10.0 Å². The molecule has 0 bridgehead atoms. The number of benzene rings is 1. The van der Waals surface area contributed by atoms with Crippen LogP contribution >= 0.6 is 23.2 Å². The number of phenols is 1. The standard InChI is InChI=1S/C11H11Cl2NO3/c12-8-2-7(3-9(13)11(8)17)14-4-6(5-15)1-10(14)16/h2-3,6,15,17H,1,4-5H2. The van der Waals surface area contributed by atoms with Crippen LogP contribution < -0.4 is 4.90 Å². The molecule has 0 saturated carbocycles. The number of anilines is 1. The summed E-state index contributed by atoms with van der Waals surface area (Å²) in [6.07, 6.45) is 0.312. The number of amides is 1. The largest absolute Gasteiger partial charge is 0.505 e. The molecular formula is C11H11Cl2NO3. The van der Waals surface area contributed by atoms with Gasteiger partial charge in [-0.1, -0.05) is 23.2 Å². The minimum absolute atomic E-state index is 0.0260. The quantitative estimate of drug-likeness (QED) is 0.869. The summed E-state index contributed by atoms with van der Waals surface area (Å²) < 4.78 is 0. The number of aliphatic hydroxyl groups is 1. The summed E-state index contributed by atoms with van der Waals surface area (Å²) in [6.45, 7) is 0.411. The average molecular weight is 276 g/mol. The molecule has 0 aliphatic carbocycles. The van der Waals surface area contributed by atoms with E-state index in [9.17, 15) is 9.90 Å². The van der Waals surface area contributed by atoms with Crippen molar-refractivity contribution in [3.8, 4) is 5.75 Å². The van der Waals surface area contributed by atoms with E-state index >= 15 is 0 Å². The molecule has 2 N–H and O–H groups in total. The number of aromatic hydroxyl groups is 1. The lowest BCUT2D eigenvalue weighted by Crippen LogP contribution is -2.24. The van der Waals surface area contributed by atoms with Crippen molar-refractivity contribution in [1.82, 2.24) is 0 Å². The Balaban J connectivity index is 2.32. The van der Waals surface area contributed by atoms with Crippen molar-refractivity contribution in [3.05, 3.63) is 22.2 Å². The lowest BCUT2D eigenvalue weighted by Gasteiger charge is -2.17. The van der Waals surface area contributed by atoms with Gasteiger partial charge in [-0.05, 0) is 12.1 Å². The fourth-order valence-corrected chi connectivity index (χ4v) is 2.34. The van der Waals surface area contributed by atoms with Gasteiger partial charge in [-0.3, -0.25) is 4.79 Å². The van der Waals surface area contributed by atoms with Gasteiger partial charge in [0.15, 0.2) is 5.75 Å². The van der Waals surface area contributed by atoms with Gasteiger partial charge in [-0.15, -0.1) is 0 Å². The summed E-state index contributed by atoms with van der Waals surface area (Å²) in [5.74, 6) is -0.335. The molecule has 1 aliphatic rings. The van der Waals surface area contributed by atoms with Gasteiger partial charge in [0.1, 0.15) is 0 Å². The summed E-state index contributed by atoms with van der Waals surface area (Å²) >= 11 is 11.6. The molecule has 0 spiro atoms. The Hall–Kier alpha value is -0.970. The molecule has 1 aliphatic heterocycles. The normalized spacial score (nSPS) is 20.1. The molecule has 4 nitrogen and oxygen atoms in total. The Morgan fingerprint density at radius 2 is 1.94 bits per heavy atom. The van der Waals surface area contributed by atoms with Crippen molar-refractivity contribution in [2.24, 2.45) is 5.92 Å². The lowest BCUT2D eigenvalue weighted by molar-refractivity contribution is -0.117. The summed E-state index contributed by atoms with van der Waals surface area (Å²) in [7, 11) is 0. The third-order valence-electron chi connectivity index (χ3n) is 2.78. The molecule has 0 aromatic heterocycles. The molecule has 92 valence electrons. The Labute approximate surface area is 108 Å². The highest BCUT2D eigenvalue weighted by atomic mass is 35.5. The maximum atomic E-state index is 11.7. The van der Waals surface area contributed by atoms with Gasteiger partial charge in [-0.2, -0.15) is 0 Å².